The van der Waals surface area contributed by atoms with Crippen molar-refractivity contribution in [1.29, 1.82) is 0 Å². The molecule has 1 saturated heterocycles. The van der Waals surface area contributed by atoms with Crippen molar-refractivity contribution in [3.05, 3.63) is 25.0 Å². The molecule has 3 aromatic heterocycles. The van der Waals surface area contributed by atoms with Crippen LogP contribution in [0, 0.1) is 5.92 Å². The van der Waals surface area contributed by atoms with Gasteiger partial charge in [0.15, 0.2) is 23.0 Å². The molecule has 0 amide bonds. The summed E-state index contributed by atoms with van der Waals surface area (Å²) >= 11 is 0. The van der Waals surface area contributed by atoms with Gasteiger partial charge in [-0.1, -0.05) is 0 Å². The molecule has 0 aliphatic carbocycles. The van der Waals surface area contributed by atoms with Gasteiger partial charge < -0.3 is 24.7 Å². The predicted octanol–water partition coefficient (Wildman–Crippen LogP) is -0.877. The van der Waals surface area contributed by atoms with Crippen LogP contribution in [0.2, 0.25) is 0 Å². The van der Waals surface area contributed by atoms with Crippen molar-refractivity contribution in [2.75, 3.05) is 12.8 Å². The zero-order chi connectivity index (χ0) is 17.8. The van der Waals surface area contributed by atoms with Gasteiger partial charge in [-0.3, -0.25) is 13.5 Å². The fraction of sp³-hybridized carbons (Fsp3) is 0.462. The fourth-order valence-corrected chi connectivity index (χ4v) is 4.23. The second-order valence-electron chi connectivity index (χ2n) is 5.98. The van der Waals surface area contributed by atoms with Gasteiger partial charge in [-0.15, -0.1) is 0 Å². The molecule has 4 rings (SSSR count). The second kappa shape index (κ2) is 5.84. The number of rotatable bonds is 4. The SMILES string of the molecule is O=P(O)(O)C[C@H]1[C@@H](O)[C@H](n2cnc3c2ncn2ccnc32)O[C@@H]1CO. The molecule has 4 heterocycles. The molecule has 0 bridgehead atoms. The lowest BCUT2D eigenvalue weighted by atomic mass is 10.0. The highest BCUT2D eigenvalue weighted by Crippen LogP contribution is 2.45. The van der Waals surface area contributed by atoms with E-state index in [1.807, 2.05) is 0 Å². The summed E-state index contributed by atoms with van der Waals surface area (Å²) in [6.45, 7) is -0.469. The third-order valence-electron chi connectivity index (χ3n) is 4.38. The number of fused-ring (bicyclic) bond motifs is 3. The van der Waals surface area contributed by atoms with E-state index in [0.717, 1.165) is 0 Å². The molecule has 1 aliphatic heterocycles. The molecule has 0 radical (unpaired) electrons. The van der Waals surface area contributed by atoms with E-state index in [4.69, 9.17) is 4.74 Å². The molecule has 4 N–H and O–H groups in total. The first-order chi connectivity index (χ1) is 11.9. The first-order valence-corrected chi connectivity index (χ1v) is 9.32. The van der Waals surface area contributed by atoms with Crippen LogP contribution in [0.15, 0.2) is 25.0 Å². The molecule has 0 unspecified atom stereocenters. The van der Waals surface area contributed by atoms with Crippen molar-refractivity contribution in [1.82, 2.24) is 23.9 Å². The van der Waals surface area contributed by atoms with Gasteiger partial charge >= 0.3 is 7.60 Å². The summed E-state index contributed by atoms with van der Waals surface area (Å²) in [4.78, 5) is 31.2. The number of hydrogen-bond acceptors (Lipinski definition) is 7. The quantitative estimate of drug-likeness (QED) is 0.429. The van der Waals surface area contributed by atoms with E-state index < -0.39 is 44.7 Å². The molecule has 3 aromatic rings. The Hall–Kier alpha value is -1.88. The minimum absolute atomic E-state index is 0.413. The highest BCUT2D eigenvalue weighted by Gasteiger charge is 2.47. The summed E-state index contributed by atoms with van der Waals surface area (Å²) in [5, 5.41) is 20.0. The highest BCUT2D eigenvalue weighted by atomic mass is 31.2. The maximum atomic E-state index is 11.3. The number of aliphatic hydroxyl groups excluding tert-OH is 2. The standard InChI is InChI=1S/C13H16N5O6P/c19-3-8-7(4-25(21,22)23)10(20)13(24-8)18-6-15-9-11-14-1-2-17(11)5-16-12(9)18/h1-2,5-8,10,13,19-20H,3-4H2,(H2,21,22,23)/t7-,8-,10-,13-/m1/s1. The van der Waals surface area contributed by atoms with Gasteiger partial charge in [0.05, 0.1) is 25.2 Å². The number of nitrogens with zero attached hydrogens (tertiary/aromatic N) is 5. The largest absolute Gasteiger partial charge is 0.394 e. The van der Waals surface area contributed by atoms with Crippen LogP contribution >= 0.6 is 7.60 Å². The average molecular weight is 369 g/mol. The van der Waals surface area contributed by atoms with E-state index >= 15 is 0 Å². The highest BCUT2D eigenvalue weighted by molar-refractivity contribution is 7.51. The van der Waals surface area contributed by atoms with Crippen LogP contribution in [0.3, 0.4) is 0 Å². The van der Waals surface area contributed by atoms with Crippen LogP contribution in [0.5, 0.6) is 0 Å². The molecule has 25 heavy (non-hydrogen) atoms. The first-order valence-electron chi connectivity index (χ1n) is 7.52. The number of aliphatic hydroxyl groups is 2. The van der Waals surface area contributed by atoms with E-state index in [-0.39, 0.29) is 0 Å². The Morgan fingerprint density at radius 3 is 2.72 bits per heavy atom. The molecule has 11 nitrogen and oxygen atoms in total. The summed E-state index contributed by atoms with van der Waals surface area (Å²) in [6.07, 6.45) is 2.60. The Morgan fingerprint density at radius 2 is 2.00 bits per heavy atom. The molecule has 0 spiro atoms. The molecule has 0 aromatic carbocycles. The third-order valence-corrected chi connectivity index (χ3v) is 5.28. The van der Waals surface area contributed by atoms with Gasteiger partial charge in [-0.25, -0.2) is 15.0 Å². The zero-order valence-electron chi connectivity index (χ0n) is 12.8. The van der Waals surface area contributed by atoms with E-state index in [9.17, 15) is 24.6 Å². The van der Waals surface area contributed by atoms with Crippen LogP contribution < -0.4 is 0 Å². The maximum absolute atomic E-state index is 11.3. The lowest BCUT2D eigenvalue weighted by molar-refractivity contribution is -0.0491. The van der Waals surface area contributed by atoms with Crippen molar-refractivity contribution >= 4 is 24.4 Å². The fourth-order valence-electron chi connectivity index (χ4n) is 3.23. The van der Waals surface area contributed by atoms with E-state index in [2.05, 4.69) is 15.0 Å². The molecule has 0 saturated carbocycles. The van der Waals surface area contributed by atoms with Crippen molar-refractivity contribution in [3.8, 4) is 0 Å². The number of hydrogen-bond donors (Lipinski definition) is 4. The molecule has 1 fully saturated rings. The molecule has 4 atom stereocenters. The van der Waals surface area contributed by atoms with Gasteiger partial charge in [0.2, 0.25) is 0 Å². The molecule has 12 heteroatoms. The minimum atomic E-state index is -4.38. The van der Waals surface area contributed by atoms with Gasteiger partial charge in [-0.05, 0) is 0 Å². The van der Waals surface area contributed by atoms with Gasteiger partial charge in [0.25, 0.3) is 0 Å². The average Bonchev–Trinajstić information content (AvgIpc) is 3.23. The van der Waals surface area contributed by atoms with Gasteiger partial charge in [0, 0.05) is 18.3 Å². The Balaban J connectivity index is 1.74. The number of ether oxygens (including phenoxy) is 1. The van der Waals surface area contributed by atoms with Gasteiger partial charge in [-0.2, -0.15) is 0 Å². The Kier molecular flexibility index (Phi) is 3.87. The van der Waals surface area contributed by atoms with Crippen LogP contribution in [0.25, 0.3) is 16.8 Å². The lowest BCUT2D eigenvalue weighted by Crippen LogP contribution is -2.31. The normalized spacial score (nSPS) is 27.5. The van der Waals surface area contributed by atoms with Crippen LogP contribution in [-0.2, 0) is 9.30 Å². The van der Waals surface area contributed by atoms with E-state index in [1.54, 1.807) is 23.1 Å². The summed E-state index contributed by atoms with van der Waals surface area (Å²) in [5.74, 6) is -0.913. The summed E-state index contributed by atoms with van der Waals surface area (Å²) in [6, 6.07) is 0. The van der Waals surface area contributed by atoms with Crippen molar-refractivity contribution in [3.63, 3.8) is 0 Å². The first kappa shape index (κ1) is 16.6. The Bertz CT molecular complexity index is 966. The molecule has 1 aliphatic rings. The zero-order valence-corrected chi connectivity index (χ0v) is 13.7. The van der Waals surface area contributed by atoms with Crippen molar-refractivity contribution < 1.29 is 29.3 Å². The number of imidazole rings is 2. The van der Waals surface area contributed by atoms with Crippen molar-refractivity contribution in [2.24, 2.45) is 5.92 Å². The molecular formula is C13H16N5O6P. The van der Waals surface area contributed by atoms with Crippen LogP contribution in [0.4, 0.5) is 0 Å². The minimum Gasteiger partial charge on any atom is -0.394 e. The predicted molar refractivity (Wildman–Crippen MR) is 83.7 cm³/mol. The topological polar surface area (TPSA) is 155 Å². The summed E-state index contributed by atoms with van der Waals surface area (Å²) in [7, 11) is -4.38. The summed E-state index contributed by atoms with van der Waals surface area (Å²) < 4.78 is 20.1. The Labute approximate surface area is 140 Å². The van der Waals surface area contributed by atoms with E-state index in [0.29, 0.717) is 16.8 Å². The van der Waals surface area contributed by atoms with E-state index in [1.165, 1.54) is 10.9 Å². The molecule has 134 valence electrons. The number of aromatic nitrogens is 5. The second-order valence-corrected chi connectivity index (χ2v) is 7.67. The monoisotopic (exact) mass is 369 g/mol. The molecular weight excluding hydrogens is 353 g/mol. The van der Waals surface area contributed by atoms with Crippen LogP contribution in [-0.4, -0.2) is 68.9 Å². The third kappa shape index (κ3) is 2.74. The van der Waals surface area contributed by atoms with Crippen LogP contribution in [0.1, 0.15) is 6.23 Å². The Morgan fingerprint density at radius 1 is 1.20 bits per heavy atom. The van der Waals surface area contributed by atoms with Gasteiger partial charge in [0.1, 0.15) is 12.4 Å². The smallest absolute Gasteiger partial charge is 0.326 e. The lowest BCUT2D eigenvalue weighted by Gasteiger charge is -2.19. The van der Waals surface area contributed by atoms with Crippen molar-refractivity contribution in [2.45, 2.75) is 18.4 Å². The summed E-state index contributed by atoms with van der Waals surface area (Å²) in [5.41, 5.74) is 1.50. The maximum Gasteiger partial charge on any atom is 0.326 e.